The molecule has 1 atom stereocenters. The first-order valence-electron chi connectivity index (χ1n) is 12.7. The molecule has 3 saturated heterocycles. The third kappa shape index (κ3) is 5.27. The molecule has 180 valence electrons. The summed E-state index contributed by atoms with van der Waals surface area (Å²) in [6, 6.07) is 20.4. The van der Waals surface area contributed by atoms with Crippen molar-refractivity contribution in [3.63, 3.8) is 0 Å². The molecule has 0 aliphatic carbocycles. The average molecular weight is 462 g/mol. The van der Waals surface area contributed by atoms with Crippen LogP contribution in [0.2, 0.25) is 0 Å². The number of hydrogen-bond acceptors (Lipinski definition) is 4. The maximum absolute atomic E-state index is 13.1. The summed E-state index contributed by atoms with van der Waals surface area (Å²) in [5.41, 5.74) is 1.80. The van der Waals surface area contributed by atoms with E-state index >= 15 is 0 Å². The van der Waals surface area contributed by atoms with Crippen LogP contribution >= 0.6 is 0 Å². The maximum Gasteiger partial charge on any atom is 0.415 e. The van der Waals surface area contributed by atoms with Crippen LogP contribution < -0.4 is 4.90 Å². The molecular weight excluding hydrogens is 426 g/mol. The molecule has 0 aromatic heterocycles. The molecule has 5 rings (SSSR count). The molecule has 6 heteroatoms. The van der Waals surface area contributed by atoms with Crippen molar-refractivity contribution in [3.8, 4) is 0 Å². The fourth-order valence-electron chi connectivity index (χ4n) is 5.69. The fourth-order valence-corrected chi connectivity index (χ4v) is 5.69. The van der Waals surface area contributed by atoms with Gasteiger partial charge in [0.15, 0.2) is 0 Å². The number of benzene rings is 2. The lowest BCUT2D eigenvalue weighted by Gasteiger charge is -2.33. The molecule has 0 radical (unpaired) electrons. The zero-order valence-corrected chi connectivity index (χ0v) is 19.9. The molecule has 3 aliphatic heterocycles. The smallest absolute Gasteiger partial charge is 0.415 e. The van der Waals surface area contributed by atoms with E-state index in [-0.39, 0.29) is 12.0 Å². The Morgan fingerprint density at radius 1 is 0.912 bits per heavy atom. The zero-order valence-electron chi connectivity index (χ0n) is 19.9. The second-order valence-electron chi connectivity index (χ2n) is 10.1. The van der Waals surface area contributed by atoms with E-state index in [4.69, 9.17) is 4.74 Å². The molecule has 2 aromatic carbocycles. The van der Waals surface area contributed by atoms with E-state index in [2.05, 4.69) is 35.2 Å². The second-order valence-corrected chi connectivity index (χ2v) is 10.1. The van der Waals surface area contributed by atoms with Crippen LogP contribution in [0.5, 0.6) is 0 Å². The summed E-state index contributed by atoms with van der Waals surface area (Å²) in [4.78, 5) is 31.7. The summed E-state index contributed by atoms with van der Waals surface area (Å²) in [7, 11) is 0. The molecule has 2 aromatic rings. The molecule has 2 amide bonds. The van der Waals surface area contributed by atoms with Crippen molar-refractivity contribution >= 4 is 17.7 Å². The van der Waals surface area contributed by atoms with Gasteiger partial charge in [-0.1, -0.05) is 48.5 Å². The van der Waals surface area contributed by atoms with E-state index in [1.54, 1.807) is 4.90 Å². The van der Waals surface area contributed by atoms with Gasteiger partial charge in [-0.05, 0) is 68.8 Å². The van der Waals surface area contributed by atoms with Crippen LogP contribution in [-0.2, 0) is 16.0 Å². The summed E-state index contributed by atoms with van der Waals surface area (Å²) in [6.07, 6.45) is 5.53. The minimum absolute atomic E-state index is 0.211. The third-order valence-electron chi connectivity index (χ3n) is 7.72. The Hall–Kier alpha value is -2.86. The molecule has 0 saturated carbocycles. The highest BCUT2D eigenvalue weighted by Gasteiger charge is 2.46. The molecule has 6 nitrogen and oxygen atoms in total. The van der Waals surface area contributed by atoms with Crippen LogP contribution in [0.3, 0.4) is 0 Å². The summed E-state index contributed by atoms with van der Waals surface area (Å²) >= 11 is 0. The molecule has 3 aliphatic rings. The molecule has 0 unspecified atom stereocenters. The van der Waals surface area contributed by atoms with Crippen molar-refractivity contribution in [2.45, 2.75) is 44.1 Å². The lowest BCUT2D eigenvalue weighted by atomic mass is 9.90. The topological polar surface area (TPSA) is 53.1 Å². The van der Waals surface area contributed by atoms with Crippen molar-refractivity contribution < 1.29 is 14.3 Å². The number of ether oxygens (including phenoxy) is 1. The van der Waals surface area contributed by atoms with E-state index in [0.717, 1.165) is 57.4 Å². The largest absolute Gasteiger partial charge is 0.441 e. The summed E-state index contributed by atoms with van der Waals surface area (Å²) < 4.78 is 5.91. The number of amides is 2. The number of piperidine rings is 1. The Morgan fingerprint density at radius 3 is 2.35 bits per heavy atom. The van der Waals surface area contributed by atoms with Crippen LogP contribution in [0.1, 0.15) is 37.7 Å². The highest BCUT2D eigenvalue weighted by Crippen LogP contribution is 2.35. The van der Waals surface area contributed by atoms with Gasteiger partial charge in [0.2, 0.25) is 5.91 Å². The van der Waals surface area contributed by atoms with Gasteiger partial charge in [-0.25, -0.2) is 4.79 Å². The first-order valence-corrected chi connectivity index (χ1v) is 12.7. The predicted molar refractivity (Wildman–Crippen MR) is 133 cm³/mol. The van der Waals surface area contributed by atoms with E-state index in [1.807, 2.05) is 35.2 Å². The molecule has 0 bridgehead atoms. The first-order chi connectivity index (χ1) is 16.6. The quantitative estimate of drug-likeness (QED) is 0.664. The Labute approximate surface area is 202 Å². The van der Waals surface area contributed by atoms with Gasteiger partial charge in [-0.15, -0.1) is 0 Å². The van der Waals surface area contributed by atoms with Crippen molar-refractivity contribution in [1.29, 1.82) is 0 Å². The molecule has 3 fully saturated rings. The summed E-state index contributed by atoms with van der Waals surface area (Å²) in [6.45, 7) is 4.44. The number of para-hydroxylation sites is 1. The number of rotatable bonds is 5. The molecular formula is C28H35N3O3. The lowest BCUT2D eigenvalue weighted by molar-refractivity contribution is -0.132. The van der Waals surface area contributed by atoms with Gasteiger partial charge >= 0.3 is 6.09 Å². The highest BCUT2D eigenvalue weighted by atomic mass is 16.6. The zero-order chi connectivity index (χ0) is 23.4. The molecule has 34 heavy (non-hydrogen) atoms. The van der Waals surface area contributed by atoms with E-state index in [0.29, 0.717) is 32.0 Å². The van der Waals surface area contributed by atoms with Crippen molar-refractivity contribution in [3.05, 3.63) is 66.2 Å². The number of nitrogens with zero attached hydrogens (tertiary/aromatic N) is 3. The minimum Gasteiger partial charge on any atom is -0.441 e. The Balaban J connectivity index is 1.10. The third-order valence-corrected chi connectivity index (χ3v) is 7.72. The van der Waals surface area contributed by atoms with Gasteiger partial charge in [-0.2, -0.15) is 0 Å². The van der Waals surface area contributed by atoms with Gasteiger partial charge < -0.3 is 9.64 Å². The van der Waals surface area contributed by atoms with E-state index < -0.39 is 5.60 Å². The number of carbonyl (C=O) groups excluding carboxylic acids is 2. The number of likely N-dealkylation sites (tertiary alicyclic amines) is 2. The highest BCUT2D eigenvalue weighted by molar-refractivity contribution is 5.90. The maximum atomic E-state index is 13.1. The summed E-state index contributed by atoms with van der Waals surface area (Å²) in [5.74, 6) is 0.916. The van der Waals surface area contributed by atoms with Gasteiger partial charge in [0.25, 0.3) is 0 Å². The number of anilines is 1. The Bertz CT molecular complexity index is 975. The van der Waals surface area contributed by atoms with Crippen molar-refractivity contribution in [1.82, 2.24) is 9.80 Å². The SMILES string of the molecule is O=C(CN1CCC(Cc2ccccc2)CC1)N1CCC[C@@]2(CC1)CN(c1ccccc1)C(=O)O2. The number of carbonyl (C=O) groups is 2. The fraction of sp³-hybridized carbons (Fsp3) is 0.500. The van der Waals surface area contributed by atoms with Gasteiger partial charge in [-0.3, -0.25) is 14.6 Å². The van der Waals surface area contributed by atoms with E-state index in [1.165, 1.54) is 5.56 Å². The van der Waals surface area contributed by atoms with Crippen molar-refractivity contribution in [2.24, 2.45) is 5.92 Å². The van der Waals surface area contributed by atoms with Gasteiger partial charge in [0, 0.05) is 25.2 Å². The van der Waals surface area contributed by atoms with Crippen LogP contribution in [0.4, 0.5) is 10.5 Å². The van der Waals surface area contributed by atoms with Crippen LogP contribution in [-0.4, -0.2) is 66.7 Å². The van der Waals surface area contributed by atoms with Crippen LogP contribution in [0, 0.1) is 5.92 Å². The molecule has 1 spiro atoms. The van der Waals surface area contributed by atoms with Crippen LogP contribution in [0.25, 0.3) is 0 Å². The Kier molecular flexibility index (Phi) is 6.86. The van der Waals surface area contributed by atoms with Gasteiger partial charge in [0.05, 0.1) is 13.1 Å². The predicted octanol–water partition coefficient (Wildman–Crippen LogP) is 4.35. The average Bonchev–Trinajstić information content (AvgIpc) is 3.05. The standard InChI is InChI=1S/C28H35N3O3/c32-26(21-29-17-12-24(13-18-29)20-23-8-3-1-4-9-23)30-16-7-14-28(15-19-30)22-31(27(33)34-28)25-10-5-2-6-11-25/h1-6,8-11,24H,7,12-22H2/t28-/m1/s1. The van der Waals surface area contributed by atoms with Crippen molar-refractivity contribution in [2.75, 3.05) is 44.2 Å². The van der Waals surface area contributed by atoms with Gasteiger partial charge in [0.1, 0.15) is 5.60 Å². The number of hydrogen-bond donors (Lipinski definition) is 0. The second kappa shape index (κ2) is 10.2. The first kappa shape index (κ1) is 22.9. The lowest BCUT2D eigenvalue weighted by Crippen LogP contribution is -2.44. The van der Waals surface area contributed by atoms with E-state index in [9.17, 15) is 9.59 Å². The molecule has 3 heterocycles. The molecule has 0 N–H and O–H groups in total. The normalized spacial score (nSPS) is 24.3. The monoisotopic (exact) mass is 461 g/mol. The minimum atomic E-state index is -0.488. The summed E-state index contributed by atoms with van der Waals surface area (Å²) in [5, 5.41) is 0. The Morgan fingerprint density at radius 2 is 1.62 bits per heavy atom. The van der Waals surface area contributed by atoms with Crippen LogP contribution in [0.15, 0.2) is 60.7 Å².